The van der Waals surface area contributed by atoms with Crippen LogP contribution in [0.2, 0.25) is 0 Å². The number of benzene rings is 1. The summed E-state index contributed by atoms with van der Waals surface area (Å²) in [5.74, 6) is 0.632. The summed E-state index contributed by atoms with van der Waals surface area (Å²) in [6.45, 7) is 1.23. The Morgan fingerprint density at radius 2 is 1.87 bits per heavy atom. The molecule has 1 aliphatic heterocycles. The fourth-order valence-corrected chi connectivity index (χ4v) is 5.90. The van der Waals surface area contributed by atoms with Crippen molar-refractivity contribution >= 4 is 51.6 Å². The van der Waals surface area contributed by atoms with E-state index in [1.54, 1.807) is 26.0 Å². The highest BCUT2D eigenvalue weighted by Crippen LogP contribution is 2.38. The van der Waals surface area contributed by atoms with Gasteiger partial charge < -0.3 is 15.5 Å². The molecule has 1 aromatic rings. The molecule has 0 saturated heterocycles. The quantitative estimate of drug-likeness (QED) is 0.300. The number of aliphatic imine (C=N–C) groups is 1. The summed E-state index contributed by atoms with van der Waals surface area (Å²) in [5.41, 5.74) is 1.44. The Bertz CT molecular complexity index is 898. The first-order valence-electron chi connectivity index (χ1n) is 10.5. The van der Waals surface area contributed by atoms with E-state index >= 15 is 0 Å². The molecule has 1 amide bonds. The maximum absolute atomic E-state index is 12.8. The Morgan fingerprint density at radius 3 is 2.52 bits per heavy atom. The molecule has 2 N–H and O–H groups in total. The van der Waals surface area contributed by atoms with Crippen molar-refractivity contribution in [2.45, 2.75) is 32.1 Å². The molecule has 10 heteroatoms. The topological polar surface area (TPSA) is 94.1 Å². The Kier molecular flexibility index (Phi) is 8.99. The van der Waals surface area contributed by atoms with Crippen LogP contribution in [0.25, 0.3) is 0 Å². The van der Waals surface area contributed by atoms with Crippen LogP contribution in [0.4, 0.5) is 5.69 Å². The van der Waals surface area contributed by atoms with Crippen molar-refractivity contribution in [2.24, 2.45) is 10.4 Å². The Balaban J connectivity index is 0.00000341. The van der Waals surface area contributed by atoms with Gasteiger partial charge in [-0.15, -0.1) is 24.0 Å². The maximum Gasteiger partial charge on any atom is 0.236 e. The monoisotopic (exact) mass is 563 g/mol. The predicted molar refractivity (Wildman–Crippen MR) is 136 cm³/mol. The number of fused-ring (bicyclic) bond motifs is 1. The summed E-state index contributed by atoms with van der Waals surface area (Å²) >= 11 is 0. The molecule has 3 rings (SSSR count). The second kappa shape index (κ2) is 10.8. The summed E-state index contributed by atoms with van der Waals surface area (Å²) in [5, 5.41) is 6.33. The molecule has 0 atom stereocenters. The molecule has 0 unspecified atom stereocenters. The Morgan fingerprint density at radius 1 is 1.19 bits per heavy atom. The van der Waals surface area contributed by atoms with E-state index in [9.17, 15) is 13.2 Å². The molecule has 1 fully saturated rings. The van der Waals surface area contributed by atoms with Gasteiger partial charge in [0.2, 0.25) is 15.9 Å². The number of carbonyl (C=O) groups excluding carboxylic acids is 1. The first kappa shape index (κ1) is 25.7. The van der Waals surface area contributed by atoms with Gasteiger partial charge in [-0.2, -0.15) is 0 Å². The van der Waals surface area contributed by atoms with Crippen molar-refractivity contribution in [2.75, 3.05) is 50.8 Å². The third-order valence-electron chi connectivity index (χ3n) is 6.07. The van der Waals surface area contributed by atoms with E-state index in [0.717, 1.165) is 43.4 Å². The highest BCUT2D eigenvalue weighted by atomic mass is 127. The number of sulfonamides is 1. The number of amides is 1. The fourth-order valence-electron chi connectivity index (χ4n) is 4.47. The number of nitrogens with zero attached hydrogens (tertiary/aromatic N) is 3. The van der Waals surface area contributed by atoms with E-state index in [0.29, 0.717) is 19.0 Å². The number of rotatable bonds is 7. The lowest BCUT2D eigenvalue weighted by Crippen LogP contribution is -2.50. The third kappa shape index (κ3) is 5.82. The standard InChI is InChI=1S/C21H33N5O3S.HI/c1-22-20(24-16-21(11-6-7-12-21)19(27)25(2)3)23-13-15-30(28,29)26-14-10-17-8-4-5-9-18(17)26;/h4-5,8-9H,6-7,10-16H2,1-3H3,(H2,22,23,24);1H. The van der Waals surface area contributed by atoms with Gasteiger partial charge in [0.05, 0.1) is 16.9 Å². The SMILES string of the molecule is CN=C(NCCS(=O)(=O)N1CCc2ccccc21)NCC1(C(=O)N(C)C)CCCC1.I. The minimum Gasteiger partial charge on any atom is -0.355 e. The van der Waals surface area contributed by atoms with E-state index < -0.39 is 15.4 Å². The number of guanidine groups is 1. The first-order valence-corrected chi connectivity index (χ1v) is 12.1. The summed E-state index contributed by atoms with van der Waals surface area (Å²) in [6, 6.07) is 7.63. The summed E-state index contributed by atoms with van der Waals surface area (Å²) in [7, 11) is 1.81. The van der Waals surface area contributed by atoms with E-state index in [2.05, 4.69) is 15.6 Å². The van der Waals surface area contributed by atoms with Crippen LogP contribution in [-0.4, -0.2) is 71.7 Å². The third-order valence-corrected chi connectivity index (χ3v) is 7.84. The van der Waals surface area contributed by atoms with E-state index in [-0.39, 0.29) is 42.2 Å². The highest BCUT2D eigenvalue weighted by molar-refractivity contribution is 14.0. The van der Waals surface area contributed by atoms with Gasteiger partial charge in [-0.3, -0.25) is 14.1 Å². The zero-order valence-electron chi connectivity index (χ0n) is 18.6. The van der Waals surface area contributed by atoms with Gasteiger partial charge in [-0.05, 0) is 30.9 Å². The average molecular weight is 564 g/mol. The van der Waals surface area contributed by atoms with E-state index in [1.807, 2.05) is 24.3 Å². The lowest BCUT2D eigenvalue weighted by molar-refractivity contribution is -0.138. The van der Waals surface area contributed by atoms with Crippen molar-refractivity contribution in [3.8, 4) is 0 Å². The van der Waals surface area contributed by atoms with Gasteiger partial charge in [0, 0.05) is 40.8 Å². The van der Waals surface area contributed by atoms with Crippen LogP contribution in [0.15, 0.2) is 29.3 Å². The molecular weight excluding hydrogens is 529 g/mol. The Labute approximate surface area is 202 Å². The summed E-state index contributed by atoms with van der Waals surface area (Å²) in [4.78, 5) is 18.6. The maximum atomic E-state index is 12.8. The van der Waals surface area contributed by atoms with Gasteiger partial charge in [0.15, 0.2) is 5.96 Å². The van der Waals surface area contributed by atoms with Crippen molar-refractivity contribution in [3.05, 3.63) is 29.8 Å². The lowest BCUT2D eigenvalue weighted by Gasteiger charge is -2.31. The van der Waals surface area contributed by atoms with Gasteiger partial charge >= 0.3 is 0 Å². The summed E-state index contributed by atoms with van der Waals surface area (Å²) < 4.78 is 27.1. The number of halogens is 1. The van der Waals surface area contributed by atoms with E-state index in [1.165, 1.54) is 4.31 Å². The molecule has 2 aliphatic rings. The van der Waals surface area contributed by atoms with Gasteiger partial charge in [0.25, 0.3) is 0 Å². The van der Waals surface area contributed by atoms with Crippen LogP contribution in [0.5, 0.6) is 0 Å². The zero-order chi connectivity index (χ0) is 21.8. The van der Waals surface area contributed by atoms with Crippen molar-refractivity contribution in [1.82, 2.24) is 15.5 Å². The van der Waals surface area contributed by atoms with Gasteiger partial charge in [0.1, 0.15) is 0 Å². The summed E-state index contributed by atoms with van der Waals surface area (Å²) in [6.07, 6.45) is 4.55. The largest absolute Gasteiger partial charge is 0.355 e. The lowest BCUT2D eigenvalue weighted by atomic mass is 9.84. The molecule has 1 aliphatic carbocycles. The van der Waals surface area contributed by atoms with Crippen LogP contribution < -0.4 is 14.9 Å². The number of nitrogens with one attached hydrogen (secondary N) is 2. The number of para-hydroxylation sites is 1. The molecule has 0 aromatic heterocycles. The molecule has 0 radical (unpaired) electrons. The van der Waals surface area contributed by atoms with Crippen molar-refractivity contribution in [1.29, 1.82) is 0 Å². The van der Waals surface area contributed by atoms with Crippen LogP contribution in [0.1, 0.15) is 31.2 Å². The molecule has 8 nitrogen and oxygen atoms in total. The molecule has 1 saturated carbocycles. The molecule has 174 valence electrons. The predicted octanol–water partition coefficient (Wildman–Crippen LogP) is 1.81. The normalized spacial score (nSPS) is 17.6. The smallest absolute Gasteiger partial charge is 0.236 e. The van der Waals surface area contributed by atoms with E-state index in [4.69, 9.17) is 0 Å². The van der Waals surface area contributed by atoms with Gasteiger partial charge in [-0.25, -0.2) is 8.42 Å². The average Bonchev–Trinajstić information content (AvgIpc) is 3.38. The number of hydrogen-bond donors (Lipinski definition) is 2. The number of carbonyl (C=O) groups is 1. The molecule has 1 aromatic carbocycles. The second-order valence-electron chi connectivity index (χ2n) is 8.31. The second-order valence-corrected chi connectivity index (χ2v) is 10.3. The fraction of sp³-hybridized carbons (Fsp3) is 0.619. The molecule has 1 heterocycles. The highest BCUT2D eigenvalue weighted by Gasteiger charge is 2.42. The molecule has 0 spiro atoms. The zero-order valence-corrected chi connectivity index (χ0v) is 21.7. The van der Waals surface area contributed by atoms with Crippen molar-refractivity contribution < 1.29 is 13.2 Å². The minimum atomic E-state index is -3.42. The molecule has 0 bridgehead atoms. The minimum absolute atomic E-state index is 0. The Hall–Kier alpha value is -1.56. The number of hydrogen-bond acceptors (Lipinski definition) is 4. The van der Waals surface area contributed by atoms with Crippen LogP contribution >= 0.6 is 24.0 Å². The molecule has 31 heavy (non-hydrogen) atoms. The van der Waals surface area contributed by atoms with Crippen LogP contribution in [0.3, 0.4) is 0 Å². The van der Waals surface area contributed by atoms with Crippen LogP contribution in [0, 0.1) is 5.41 Å². The van der Waals surface area contributed by atoms with Crippen LogP contribution in [-0.2, 0) is 21.2 Å². The number of anilines is 1. The first-order chi connectivity index (χ1) is 14.3. The molecular formula is C21H34IN5O3S. The van der Waals surface area contributed by atoms with Gasteiger partial charge in [-0.1, -0.05) is 31.0 Å². The van der Waals surface area contributed by atoms with Crippen molar-refractivity contribution in [3.63, 3.8) is 0 Å².